The minimum Gasteiger partial charge on any atom is -0.379 e. The number of hydrogen-bond acceptors (Lipinski definition) is 2. The standard InChI is InChI=1S/C9H19NO/c1-8(2,11-3)4-5-9(10)6-7-9/h4-7,10H2,1-3H3. The lowest BCUT2D eigenvalue weighted by molar-refractivity contribution is 0.0119. The van der Waals surface area contributed by atoms with E-state index < -0.39 is 0 Å². The van der Waals surface area contributed by atoms with E-state index in [2.05, 4.69) is 13.8 Å². The summed E-state index contributed by atoms with van der Waals surface area (Å²) in [6.07, 6.45) is 4.58. The SMILES string of the molecule is COC(C)(C)CCC1(N)CC1. The number of nitrogens with two attached hydrogens (primary N) is 1. The first kappa shape index (κ1) is 9.01. The molecule has 2 N–H and O–H groups in total. The second-order valence-corrected chi connectivity index (χ2v) is 4.33. The third-order valence-corrected chi connectivity index (χ3v) is 2.67. The highest BCUT2D eigenvalue weighted by atomic mass is 16.5. The quantitative estimate of drug-likeness (QED) is 0.674. The van der Waals surface area contributed by atoms with Crippen LogP contribution in [0, 0.1) is 0 Å². The second-order valence-electron chi connectivity index (χ2n) is 4.33. The average molecular weight is 157 g/mol. The summed E-state index contributed by atoms with van der Waals surface area (Å²) in [6.45, 7) is 4.22. The van der Waals surface area contributed by atoms with Gasteiger partial charge >= 0.3 is 0 Å². The normalized spacial score (nSPS) is 21.8. The molecule has 11 heavy (non-hydrogen) atoms. The molecule has 1 fully saturated rings. The molecule has 1 aliphatic carbocycles. The fraction of sp³-hybridized carbons (Fsp3) is 1.00. The van der Waals surface area contributed by atoms with Crippen molar-refractivity contribution in [3.8, 4) is 0 Å². The van der Waals surface area contributed by atoms with E-state index in [1.54, 1.807) is 7.11 Å². The smallest absolute Gasteiger partial charge is 0.0623 e. The van der Waals surface area contributed by atoms with E-state index in [1.807, 2.05) is 0 Å². The first-order chi connectivity index (χ1) is 4.97. The summed E-state index contributed by atoms with van der Waals surface area (Å²) in [7, 11) is 1.76. The molecule has 1 aliphatic rings. The van der Waals surface area contributed by atoms with Crippen molar-refractivity contribution < 1.29 is 4.74 Å². The summed E-state index contributed by atoms with van der Waals surface area (Å²) < 4.78 is 5.31. The van der Waals surface area contributed by atoms with Crippen molar-refractivity contribution in [2.45, 2.75) is 50.7 Å². The van der Waals surface area contributed by atoms with E-state index in [0.29, 0.717) is 0 Å². The van der Waals surface area contributed by atoms with Gasteiger partial charge in [-0.25, -0.2) is 0 Å². The molecule has 0 spiro atoms. The molecule has 0 aromatic carbocycles. The van der Waals surface area contributed by atoms with Crippen LogP contribution in [0.5, 0.6) is 0 Å². The van der Waals surface area contributed by atoms with Crippen LogP contribution in [-0.2, 0) is 4.74 Å². The molecule has 0 saturated heterocycles. The van der Waals surface area contributed by atoms with Gasteiger partial charge in [0.25, 0.3) is 0 Å². The van der Waals surface area contributed by atoms with E-state index in [0.717, 1.165) is 12.8 Å². The van der Waals surface area contributed by atoms with E-state index >= 15 is 0 Å². The van der Waals surface area contributed by atoms with Gasteiger partial charge in [-0.1, -0.05) is 0 Å². The lowest BCUT2D eigenvalue weighted by atomic mass is 9.98. The predicted molar refractivity (Wildman–Crippen MR) is 46.5 cm³/mol. The van der Waals surface area contributed by atoms with Crippen LogP contribution in [0.1, 0.15) is 39.5 Å². The first-order valence-corrected chi connectivity index (χ1v) is 4.32. The topological polar surface area (TPSA) is 35.2 Å². The molecule has 1 rings (SSSR count). The van der Waals surface area contributed by atoms with Crippen molar-refractivity contribution >= 4 is 0 Å². The molecule has 0 aromatic rings. The minimum absolute atomic E-state index is 0.00889. The number of ether oxygens (including phenoxy) is 1. The van der Waals surface area contributed by atoms with Crippen LogP contribution < -0.4 is 5.73 Å². The highest BCUT2D eigenvalue weighted by Crippen LogP contribution is 2.38. The van der Waals surface area contributed by atoms with Crippen LogP contribution in [0.25, 0.3) is 0 Å². The number of hydrogen-bond donors (Lipinski definition) is 1. The molecule has 0 aromatic heterocycles. The average Bonchev–Trinajstić information content (AvgIpc) is 2.66. The van der Waals surface area contributed by atoms with Crippen molar-refractivity contribution in [2.24, 2.45) is 5.73 Å². The van der Waals surface area contributed by atoms with Crippen LogP contribution >= 0.6 is 0 Å². The zero-order valence-electron chi connectivity index (χ0n) is 7.81. The summed E-state index contributed by atoms with van der Waals surface area (Å²) in [4.78, 5) is 0. The summed E-state index contributed by atoms with van der Waals surface area (Å²) in [5.41, 5.74) is 6.14. The molecular weight excluding hydrogens is 138 g/mol. The van der Waals surface area contributed by atoms with Gasteiger partial charge in [0.15, 0.2) is 0 Å². The number of methoxy groups -OCH3 is 1. The largest absolute Gasteiger partial charge is 0.379 e. The van der Waals surface area contributed by atoms with Gasteiger partial charge in [0.2, 0.25) is 0 Å². The van der Waals surface area contributed by atoms with Crippen molar-refractivity contribution in [3.05, 3.63) is 0 Å². The van der Waals surface area contributed by atoms with Crippen LogP contribution in [0.15, 0.2) is 0 Å². The Bertz CT molecular complexity index is 138. The van der Waals surface area contributed by atoms with Crippen molar-refractivity contribution in [1.82, 2.24) is 0 Å². The molecule has 0 atom stereocenters. The van der Waals surface area contributed by atoms with Gasteiger partial charge in [-0.2, -0.15) is 0 Å². The molecule has 0 aliphatic heterocycles. The van der Waals surface area contributed by atoms with E-state index in [-0.39, 0.29) is 11.1 Å². The van der Waals surface area contributed by atoms with E-state index in [9.17, 15) is 0 Å². The third kappa shape index (κ3) is 2.80. The van der Waals surface area contributed by atoms with Gasteiger partial charge in [-0.05, 0) is 39.5 Å². The van der Waals surface area contributed by atoms with Gasteiger partial charge < -0.3 is 10.5 Å². The van der Waals surface area contributed by atoms with Gasteiger partial charge in [0.1, 0.15) is 0 Å². The van der Waals surface area contributed by atoms with Crippen LogP contribution in [0.2, 0.25) is 0 Å². The molecule has 0 heterocycles. The molecule has 0 amide bonds. The Morgan fingerprint density at radius 3 is 2.36 bits per heavy atom. The van der Waals surface area contributed by atoms with Gasteiger partial charge in [-0.3, -0.25) is 0 Å². The van der Waals surface area contributed by atoms with Gasteiger partial charge in [-0.15, -0.1) is 0 Å². The Morgan fingerprint density at radius 1 is 1.45 bits per heavy atom. The summed E-state index contributed by atoms with van der Waals surface area (Å²) >= 11 is 0. The van der Waals surface area contributed by atoms with Crippen LogP contribution in [-0.4, -0.2) is 18.2 Å². The van der Waals surface area contributed by atoms with Crippen LogP contribution in [0.3, 0.4) is 0 Å². The Balaban J connectivity index is 2.20. The monoisotopic (exact) mass is 157 g/mol. The van der Waals surface area contributed by atoms with Crippen molar-refractivity contribution in [3.63, 3.8) is 0 Å². The summed E-state index contributed by atoms with van der Waals surface area (Å²) in [6, 6.07) is 0. The lowest BCUT2D eigenvalue weighted by Crippen LogP contribution is -2.29. The maximum Gasteiger partial charge on any atom is 0.0623 e. The summed E-state index contributed by atoms with van der Waals surface area (Å²) in [5, 5.41) is 0. The number of rotatable bonds is 4. The summed E-state index contributed by atoms with van der Waals surface area (Å²) in [5.74, 6) is 0. The molecular formula is C9H19NO. The van der Waals surface area contributed by atoms with E-state index in [4.69, 9.17) is 10.5 Å². The molecule has 2 heteroatoms. The second kappa shape index (κ2) is 2.76. The molecule has 0 radical (unpaired) electrons. The van der Waals surface area contributed by atoms with Gasteiger partial charge in [0, 0.05) is 12.6 Å². The third-order valence-electron chi connectivity index (χ3n) is 2.67. The maximum atomic E-state index is 5.95. The lowest BCUT2D eigenvalue weighted by Gasteiger charge is -2.24. The minimum atomic E-state index is 0.00889. The Kier molecular flexibility index (Phi) is 2.26. The molecule has 0 unspecified atom stereocenters. The Morgan fingerprint density at radius 2 is 2.00 bits per heavy atom. The highest BCUT2D eigenvalue weighted by Gasteiger charge is 2.38. The molecule has 0 bridgehead atoms. The zero-order valence-corrected chi connectivity index (χ0v) is 7.81. The highest BCUT2D eigenvalue weighted by molar-refractivity contribution is 4.99. The Labute approximate surface area is 69.1 Å². The van der Waals surface area contributed by atoms with E-state index in [1.165, 1.54) is 12.8 Å². The fourth-order valence-corrected chi connectivity index (χ4v) is 1.06. The maximum absolute atomic E-state index is 5.95. The zero-order chi connectivity index (χ0) is 8.54. The van der Waals surface area contributed by atoms with Gasteiger partial charge in [0.05, 0.1) is 5.60 Å². The molecule has 66 valence electrons. The van der Waals surface area contributed by atoms with Crippen molar-refractivity contribution in [2.75, 3.05) is 7.11 Å². The fourth-order valence-electron chi connectivity index (χ4n) is 1.06. The molecule has 2 nitrogen and oxygen atoms in total. The van der Waals surface area contributed by atoms with Crippen LogP contribution in [0.4, 0.5) is 0 Å². The first-order valence-electron chi connectivity index (χ1n) is 4.32. The molecule has 1 saturated carbocycles. The Hall–Kier alpha value is -0.0800. The predicted octanol–water partition coefficient (Wildman–Crippen LogP) is 1.68. The van der Waals surface area contributed by atoms with Crippen molar-refractivity contribution in [1.29, 1.82) is 0 Å².